The molecule has 0 saturated heterocycles. The molecule has 1 aromatic carbocycles. The Hall–Kier alpha value is -2.27. The van der Waals surface area contributed by atoms with Gasteiger partial charge in [-0.25, -0.2) is 4.98 Å². The number of nitrogens with two attached hydrogens (primary N) is 1. The number of benzene rings is 1. The first-order valence-corrected chi connectivity index (χ1v) is 5.89. The van der Waals surface area contributed by atoms with Crippen molar-refractivity contribution in [3.8, 4) is 11.6 Å². The van der Waals surface area contributed by atoms with Crippen molar-refractivity contribution in [1.82, 2.24) is 4.98 Å². The Morgan fingerprint density at radius 3 is 2.84 bits per heavy atom. The van der Waals surface area contributed by atoms with Crippen molar-refractivity contribution in [1.29, 1.82) is 0 Å². The Morgan fingerprint density at radius 2 is 2.16 bits per heavy atom. The zero-order valence-electron chi connectivity index (χ0n) is 10.2. The molecule has 0 saturated carbocycles. The molecule has 6 heteroatoms. The maximum Gasteiger partial charge on any atom is 0.242 e. The van der Waals surface area contributed by atoms with Crippen molar-refractivity contribution < 1.29 is 9.53 Å². The lowest BCUT2D eigenvalue weighted by Gasteiger charge is -2.11. The zero-order valence-corrected chi connectivity index (χ0v) is 10.9. The van der Waals surface area contributed by atoms with Crippen LogP contribution in [0.3, 0.4) is 0 Å². The van der Waals surface area contributed by atoms with Crippen molar-refractivity contribution in [3.63, 3.8) is 0 Å². The number of para-hydroxylation sites is 2. The van der Waals surface area contributed by atoms with Crippen LogP contribution in [0, 0.1) is 0 Å². The lowest BCUT2D eigenvalue weighted by Crippen LogP contribution is -2.07. The van der Waals surface area contributed by atoms with Crippen LogP contribution in [0.25, 0.3) is 0 Å². The normalized spacial score (nSPS) is 10.0. The second-order valence-electron chi connectivity index (χ2n) is 3.83. The highest BCUT2D eigenvalue weighted by Gasteiger charge is 2.09. The summed E-state index contributed by atoms with van der Waals surface area (Å²) in [5.41, 5.74) is 6.63. The summed E-state index contributed by atoms with van der Waals surface area (Å²) in [5.74, 6) is 0.509. The van der Waals surface area contributed by atoms with Crippen LogP contribution in [0.1, 0.15) is 6.92 Å². The lowest BCUT2D eigenvalue weighted by molar-refractivity contribution is -0.114. The van der Waals surface area contributed by atoms with Crippen LogP contribution >= 0.6 is 11.6 Å². The number of nitrogens with one attached hydrogen (secondary N) is 1. The van der Waals surface area contributed by atoms with Gasteiger partial charge >= 0.3 is 0 Å². The minimum atomic E-state index is -0.187. The fourth-order valence-corrected chi connectivity index (χ4v) is 1.65. The number of anilines is 2. The number of nitrogens with zero attached hydrogens (tertiary/aromatic N) is 1. The standard InChI is InChI=1S/C13H12ClN3O2/c1-8(18)17-11-4-2-3-5-12(11)19-13-10(15)6-9(14)7-16-13/h2-7H,15H2,1H3,(H,17,18). The number of nitrogen functional groups attached to an aromatic ring is 1. The molecule has 0 radical (unpaired) electrons. The zero-order chi connectivity index (χ0) is 13.8. The number of hydrogen-bond donors (Lipinski definition) is 2. The number of rotatable bonds is 3. The van der Waals surface area contributed by atoms with E-state index in [1.54, 1.807) is 30.3 Å². The third kappa shape index (κ3) is 3.35. The van der Waals surface area contributed by atoms with E-state index < -0.39 is 0 Å². The fraction of sp³-hybridized carbons (Fsp3) is 0.0769. The molecule has 0 fully saturated rings. The molecular weight excluding hydrogens is 266 g/mol. The Labute approximate surface area is 115 Å². The van der Waals surface area contributed by atoms with Crippen molar-refractivity contribution in [2.45, 2.75) is 6.92 Å². The average Bonchev–Trinajstić information content (AvgIpc) is 2.34. The first-order chi connectivity index (χ1) is 9.06. The van der Waals surface area contributed by atoms with E-state index in [0.29, 0.717) is 22.1 Å². The van der Waals surface area contributed by atoms with E-state index in [-0.39, 0.29) is 11.8 Å². The first kappa shape index (κ1) is 13.2. The highest BCUT2D eigenvalue weighted by Crippen LogP contribution is 2.31. The van der Waals surface area contributed by atoms with Gasteiger partial charge in [-0.1, -0.05) is 23.7 Å². The Morgan fingerprint density at radius 1 is 1.42 bits per heavy atom. The fourth-order valence-electron chi connectivity index (χ4n) is 1.48. The third-order valence-corrected chi connectivity index (χ3v) is 2.46. The number of carbonyl (C=O) groups is 1. The SMILES string of the molecule is CC(=O)Nc1ccccc1Oc1ncc(Cl)cc1N. The Kier molecular flexibility index (Phi) is 3.87. The maximum atomic E-state index is 11.1. The molecule has 1 heterocycles. The van der Waals surface area contributed by atoms with Gasteiger partial charge in [0.1, 0.15) is 0 Å². The third-order valence-electron chi connectivity index (χ3n) is 2.25. The second kappa shape index (κ2) is 5.58. The average molecular weight is 278 g/mol. The first-order valence-electron chi connectivity index (χ1n) is 5.52. The number of pyridine rings is 1. The number of aromatic nitrogens is 1. The molecule has 0 aliphatic carbocycles. The molecule has 0 bridgehead atoms. The second-order valence-corrected chi connectivity index (χ2v) is 4.26. The summed E-state index contributed by atoms with van der Waals surface area (Å²) in [6.45, 7) is 1.42. The predicted molar refractivity (Wildman–Crippen MR) is 74.5 cm³/mol. The van der Waals surface area contributed by atoms with Crippen LogP contribution in [-0.4, -0.2) is 10.9 Å². The summed E-state index contributed by atoms with van der Waals surface area (Å²) >= 11 is 5.76. The molecule has 2 rings (SSSR count). The van der Waals surface area contributed by atoms with Crippen molar-refractivity contribution in [2.75, 3.05) is 11.1 Å². The monoisotopic (exact) mass is 277 g/mol. The minimum absolute atomic E-state index is 0.187. The molecule has 0 atom stereocenters. The van der Waals surface area contributed by atoms with Gasteiger partial charge in [-0.15, -0.1) is 0 Å². The largest absolute Gasteiger partial charge is 0.435 e. The van der Waals surface area contributed by atoms with E-state index in [4.69, 9.17) is 22.1 Å². The summed E-state index contributed by atoms with van der Waals surface area (Å²) < 4.78 is 5.59. The van der Waals surface area contributed by atoms with Gasteiger partial charge in [0.25, 0.3) is 0 Å². The molecule has 2 aromatic rings. The molecular formula is C13H12ClN3O2. The number of ether oxygens (including phenoxy) is 1. The van der Waals surface area contributed by atoms with Crippen LogP contribution in [0.2, 0.25) is 5.02 Å². The van der Waals surface area contributed by atoms with Gasteiger partial charge < -0.3 is 15.8 Å². The maximum absolute atomic E-state index is 11.1. The van der Waals surface area contributed by atoms with E-state index in [1.165, 1.54) is 13.1 Å². The summed E-state index contributed by atoms with van der Waals surface area (Å²) in [7, 11) is 0. The molecule has 0 unspecified atom stereocenters. The molecule has 3 N–H and O–H groups in total. The molecule has 98 valence electrons. The topological polar surface area (TPSA) is 77.2 Å². The van der Waals surface area contributed by atoms with Gasteiger partial charge in [-0.2, -0.15) is 0 Å². The van der Waals surface area contributed by atoms with E-state index in [2.05, 4.69) is 10.3 Å². The molecule has 0 aliphatic heterocycles. The summed E-state index contributed by atoms with van der Waals surface area (Å²) in [6.07, 6.45) is 1.44. The Balaban J connectivity index is 2.30. The van der Waals surface area contributed by atoms with Crippen LogP contribution in [0.15, 0.2) is 36.5 Å². The lowest BCUT2D eigenvalue weighted by atomic mass is 10.3. The summed E-state index contributed by atoms with van der Waals surface area (Å²) in [5, 5.41) is 3.10. The summed E-state index contributed by atoms with van der Waals surface area (Å²) in [4.78, 5) is 15.1. The van der Waals surface area contributed by atoms with Crippen LogP contribution in [0.4, 0.5) is 11.4 Å². The van der Waals surface area contributed by atoms with Crippen LogP contribution in [-0.2, 0) is 4.79 Å². The predicted octanol–water partition coefficient (Wildman–Crippen LogP) is 3.07. The number of hydrogen-bond acceptors (Lipinski definition) is 4. The quantitative estimate of drug-likeness (QED) is 0.904. The highest BCUT2D eigenvalue weighted by atomic mass is 35.5. The van der Waals surface area contributed by atoms with Gasteiger partial charge in [0.2, 0.25) is 11.8 Å². The molecule has 1 amide bonds. The summed E-state index contributed by atoms with van der Waals surface area (Å²) in [6, 6.07) is 8.55. The molecule has 0 spiro atoms. The van der Waals surface area contributed by atoms with E-state index in [9.17, 15) is 4.79 Å². The highest BCUT2D eigenvalue weighted by molar-refractivity contribution is 6.30. The van der Waals surface area contributed by atoms with Crippen molar-refractivity contribution in [2.24, 2.45) is 0 Å². The van der Waals surface area contributed by atoms with Gasteiger partial charge in [0.15, 0.2) is 5.75 Å². The van der Waals surface area contributed by atoms with Crippen molar-refractivity contribution in [3.05, 3.63) is 41.6 Å². The van der Waals surface area contributed by atoms with Gasteiger partial charge in [-0.05, 0) is 18.2 Å². The van der Waals surface area contributed by atoms with Crippen LogP contribution in [0.5, 0.6) is 11.6 Å². The Bertz CT molecular complexity index is 617. The van der Waals surface area contributed by atoms with Gasteiger partial charge in [0, 0.05) is 13.1 Å². The molecule has 19 heavy (non-hydrogen) atoms. The van der Waals surface area contributed by atoms with E-state index >= 15 is 0 Å². The minimum Gasteiger partial charge on any atom is -0.435 e. The number of amides is 1. The van der Waals surface area contributed by atoms with Gasteiger partial charge in [0.05, 0.1) is 16.4 Å². The van der Waals surface area contributed by atoms with E-state index in [0.717, 1.165) is 0 Å². The molecule has 1 aromatic heterocycles. The van der Waals surface area contributed by atoms with Crippen molar-refractivity contribution >= 4 is 28.9 Å². The van der Waals surface area contributed by atoms with E-state index in [1.807, 2.05) is 0 Å². The number of carbonyl (C=O) groups excluding carboxylic acids is 1. The molecule has 0 aliphatic rings. The number of halogens is 1. The van der Waals surface area contributed by atoms with Crippen LogP contribution < -0.4 is 15.8 Å². The smallest absolute Gasteiger partial charge is 0.242 e. The van der Waals surface area contributed by atoms with Gasteiger partial charge in [-0.3, -0.25) is 4.79 Å². The molecule has 5 nitrogen and oxygen atoms in total.